The second kappa shape index (κ2) is 10.9. The molecule has 0 atom stereocenters. The molecule has 1 aliphatic rings. The Morgan fingerprint density at radius 2 is 1.84 bits per heavy atom. The molecule has 2 aromatic carbocycles. The molecule has 0 bridgehead atoms. The monoisotopic (exact) mass is 426 g/mol. The molecule has 8 heteroatoms. The third-order valence-corrected chi connectivity index (χ3v) is 5.46. The lowest BCUT2D eigenvalue weighted by Crippen LogP contribution is -2.44. The first kappa shape index (κ1) is 22.7. The number of hydrogen-bond donors (Lipinski definition) is 1. The number of urea groups is 1. The fourth-order valence-corrected chi connectivity index (χ4v) is 3.52. The molecule has 0 saturated carbocycles. The van der Waals surface area contributed by atoms with Gasteiger partial charge in [0.25, 0.3) is 5.69 Å². The summed E-state index contributed by atoms with van der Waals surface area (Å²) in [5, 5.41) is 14.4. The number of nitro groups is 1. The number of nitrogens with one attached hydrogen (secondary N) is 1. The Morgan fingerprint density at radius 3 is 2.48 bits per heavy atom. The Balaban J connectivity index is 1.73. The summed E-state index contributed by atoms with van der Waals surface area (Å²) in [7, 11) is 0. The van der Waals surface area contributed by atoms with Gasteiger partial charge in [0.1, 0.15) is 0 Å². The number of amides is 2. The molecule has 2 aromatic rings. The topological polar surface area (TPSA) is 88.0 Å². The van der Waals surface area contributed by atoms with E-state index in [-0.39, 0.29) is 18.3 Å². The van der Waals surface area contributed by atoms with Crippen LogP contribution < -0.4 is 5.32 Å². The average molecular weight is 427 g/mol. The summed E-state index contributed by atoms with van der Waals surface area (Å²) in [4.78, 5) is 28.0. The van der Waals surface area contributed by atoms with Crippen LogP contribution in [0.1, 0.15) is 30.9 Å². The molecule has 0 aliphatic carbocycles. The number of carbonyl (C=O) groups is 1. The lowest BCUT2D eigenvalue weighted by atomic mass is 10.0. The minimum atomic E-state index is -0.405. The summed E-state index contributed by atoms with van der Waals surface area (Å²) in [6.07, 6.45) is 0. The maximum atomic E-state index is 13.1. The zero-order valence-electron chi connectivity index (χ0n) is 18.1. The van der Waals surface area contributed by atoms with Crippen molar-refractivity contribution in [1.29, 1.82) is 0 Å². The van der Waals surface area contributed by atoms with E-state index in [9.17, 15) is 14.9 Å². The van der Waals surface area contributed by atoms with Gasteiger partial charge in [0.05, 0.1) is 24.7 Å². The van der Waals surface area contributed by atoms with Gasteiger partial charge in [-0.15, -0.1) is 0 Å². The highest BCUT2D eigenvalue weighted by molar-refractivity contribution is 5.89. The minimum Gasteiger partial charge on any atom is -0.379 e. The highest BCUT2D eigenvalue weighted by Gasteiger charge is 2.21. The molecule has 1 saturated heterocycles. The molecule has 0 unspecified atom stereocenters. The quantitative estimate of drug-likeness (QED) is 0.507. The standard InChI is InChI=1S/C23H30N4O4/c1-18(2)19-7-9-21(10-8-19)24-23(28)26(12-11-25-13-15-31-16-14-25)17-20-5-3-4-6-22(20)27(29)30/h3-10,18H,11-17H2,1-2H3,(H,24,28). The molecule has 0 aromatic heterocycles. The number of para-hydroxylation sites is 1. The number of hydrogen-bond acceptors (Lipinski definition) is 5. The Bertz CT molecular complexity index is 879. The van der Waals surface area contributed by atoms with Crippen molar-refractivity contribution in [2.24, 2.45) is 0 Å². The lowest BCUT2D eigenvalue weighted by Gasteiger charge is -2.30. The highest BCUT2D eigenvalue weighted by Crippen LogP contribution is 2.21. The van der Waals surface area contributed by atoms with Crippen LogP contribution in [0.5, 0.6) is 0 Å². The zero-order chi connectivity index (χ0) is 22.2. The zero-order valence-corrected chi connectivity index (χ0v) is 18.1. The van der Waals surface area contributed by atoms with Crippen molar-refractivity contribution in [3.8, 4) is 0 Å². The van der Waals surface area contributed by atoms with Gasteiger partial charge in [0.15, 0.2) is 0 Å². The Kier molecular flexibility index (Phi) is 7.97. The molecule has 0 spiro atoms. The second-order valence-electron chi connectivity index (χ2n) is 7.97. The molecule has 0 radical (unpaired) electrons. The van der Waals surface area contributed by atoms with Crippen LogP contribution in [0.15, 0.2) is 48.5 Å². The first-order chi connectivity index (χ1) is 14.9. The SMILES string of the molecule is CC(C)c1ccc(NC(=O)N(CCN2CCOCC2)Cc2ccccc2[N+](=O)[O-])cc1. The van der Waals surface area contributed by atoms with Crippen LogP contribution in [0, 0.1) is 10.1 Å². The van der Waals surface area contributed by atoms with Crippen molar-refractivity contribution in [1.82, 2.24) is 9.80 Å². The van der Waals surface area contributed by atoms with E-state index in [1.807, 2.05) is 24.3 Å². The van der Waals surface area contributed by atoms with Crippen LogP contribution in [0.3, 0.4) is 0 Å². The smallest absolute Gasteiger partial charge is 0.322 e. The van der Waals surface area contributed by atoms with Gasteiger partial charge in [-0.1, -0.05) is 44.2 Å². The Hall–Kier alpha value is -2.97. The number of nitrogens with zero attached hydrogens (tertiary/aromatic N) is 3. The van der Waals surface area contributed by atoms with E-state index in [4.69, 9.17) is 4.74 Å². The van der Waals surface area contributed by atoms with E-state index >= 15 is 0 Å². The van der Waals surface area contributed by atoms with Gasteiger partial charge in [-0.25, -0.2) is 4.79 Å². The van der Waals surface area contributed by atoms with Crippen molar-refractivity contribution in [2.75, 3.05) is 44.7 Å². The number of anilines is 1. The van der Waals surface area contributed by atoms with E-state index in [0.29, 0.717) is 43.5 Å². The molecule has 1 aliphatic heterocycles. The van der Waals surface area contributed by atoms with Crippen LogP contribution >= 0.6 is 0 Å². The molecule has 3 rings (SSSR count). The third-order valence-electron chi connectivity index (χ3n) is 5.46. The minimum absolute atomic E-state index is 0.0213. The fourth-order valence-electron chi connectivity index (χ4n) is 3.52. The molecule has 1 fully saturated rings. The summed E-state index contributed by atoms with van der Waals surface area (Å²) in [6.45, 7) is 8.54. The van der Waals surface area contributed by atoms with Crippen molar-refractivity contribution in [3.05, 3.63) is 69.8 Å². The maximum absolute atomic E-state index is 13.1. The van der Waals surface area contributed by atoms with E-state index in [1.165, 1.54) is 11.6 Å². The molecular formula is C23H30N4O4. The molecule has 1 N–H and O–H groups in total. The van der Waals surface area contributed by atoms with E-state index in [2.05, 4.69) is 24.1 Å². The number of carbonyl (C=O) groups excluding carboxylic acids is 1. The number of nitro benzene ring substituents is 1. The molecule has 1 heterocycles. The van der Waals surface area contributed by atoms with Crippen LogP contribution in [0.2, 0.25) is 0 Å². The van der Waals surface area contributed by atoms with Crippen molar-refractivity contribution >= 4 is 17.4 Å². The van der Waals surface area contributed by atoms with Crippen LogP contribution in [-0.4, -0.2) is 60.1 Å². The van der Waals surface area contributed by atoms with Gasteiger partial charge in [-0.3, -0.25) is 15.0 Å². The van der Waals surface area contributed by atoms with Crippen LogP contribution in [-0.2, 0) is 11.3 Å². The van der Waals surface area contributed by atoms with Gasteiger partial charge in [0.2, 0.25) is 0 Å². The molecule has 8 nitrogen and oxygen atoms in total. The van der Waals surface area contributed by atoms with Gasteiger partial charge in [0, 0.05) is 43.5 Å². The van der Waals surface area contributed by atoms with E-state index < -0.39 is 4.92 Å². The fraction of sp³-hybridized carbons (Fsp3) is 0.435. The second-order valence-corrected chi connectivity index (χ2v) is 7.97. The highest BCUT2D eigenvalue weighted by atomic mass is 16.6. The van der Waals surface area contributed by atoms with Gasteiger partial charge in [-0.05, 0) is 23.6 Å². The predicted molar refractivity (Wildman–Crippen MR) is 120 cm³/mol. The van der Waals surface area contributed by atoms with Gasteiger partial charge in [-0.2, -0.15) is 0 Å². The summed E-state index contributed by atoms with van der Waals surface area (Å²) < 4.78 is 5.39. The lowest BCUT2D eigenvalue weighted by molar-refractivity contribution is -0.385. The van der Waals surface area contributed by atoms with Gasteiger partial charge < -0.3 is 15.0 Å². The van der Waals surface area contributed by atoms with E-state index in [1.54, 1.807) is 23.1 Å². The maximum Gasteiger partial charge on any atom is 0.322 e. The Morgan fingerprint density at radius 1 is 1.16 bits per heavy atom. The first-order valence-corrected chi connectivity index (χ1v) is 10.6. The number of morpholine rings is 1. The third kappa shape index (κ3) is 6.50. The van der Waals surface area contributed by atoms with E-state index in [0.717, 1.165) is 13.1 Å². The van der Waals surface area contributed by atoms with Crippen molar-refractivity contribution in [2.45, 2.75) is 26.3 Å². The summed E-state index contributed by atoms with van der Waals surface area (Å²) in [5.41, 5.74) is 2.43. The summed E-state index contributed by atoms with van der Waals surface area (Å²) in [5.74, 6) is 0.411. The normalized spacial score (nSPS) is 14.4. The molecule has 31 heavy (non-hydrogen) atoms. The molecule has 2 amide bonds. The summed E-state index contributed by atoms with van der Waals surface area (Å²) in [6, 6.07) is 14.1. The molecular weight excluding hydrogens is 396 g/mol. The Labute approximate surface area is 182 Å². The number of benzene rings is 2. The van der Waals surface area contributed by atoms with Gasteiger partial charge >= 0.3 is 6.03 Å². The number of rotatable bonds is 8. The largest absolute Gasteiger partial charge is 0.379 e. The molecule has 166 valence electrons. The van der Waals surface area contributed by atoms with Crippen molar-refractivity contribution in [3.63, 3.8) is 0 Å². The summed E-state index contributed by atoms with van der Waals surface area (Å²) >= 11 is 0. The van der Waals surface area contributed by atoms with Crippen LogP contribution in [0.4, 0.5) is 16.2 Å². The first-order valence-electron chi connectivity index (χ1n) is 10.6. The number of ether oxygens (including phenoxy) is 1. The van der Waals surface area contributed by atoms with Crippen molar-refractivity contribution < 1.29 is 14.5 Å². The average Bonchev–Trinajstić information content (AvgIpc) is 2.77. The van der Waals surface area contributed by atoms with Crippen LogP contribution in [0.25, 0.3) is 0 Å². The predicted octanol–water partition coefficient (Wildman–Crippen LogP) is 4.08.